The number of anilines is 1. The maximum Gasteiger partial charge on any atom is 0.131 e. The van der Waals surface area contributed by atoms with Crippen molar-refractivity contribution in [1.29, 1.82) is 0 Å². The molecule has 0 saturated heterocycles. The Morgan fingerprint density at radius 1 is 1.44 bits per heavy atom. The Bertz CT molecular complexity index is 367. The molecule has 0 fully saturated rings. The molecule has 0 aromatic carbocycles. The molecule has 0 aliphatic carbocycles. The number of aryl methyl sites for hydroxylation is 1. The van der Waals surface area contributed by atoms with Gasteiger partial charge in [0.05, 0.1) is 18.9 Å². The van der Waals surface area contributed by atoms with E-state index in [4.69, 9.17) is 10.5 Å². The van der Waals surface area contributed by atoms with Crippen molar-refractivity contribution < 1.29 is 4.74 Å². The largest absolute Gasteiger partial charge is 0.383 e. The van der Waals surface area contributed by atoms with Gasteiger partial charge < -0.3 is 15.8 Å². The van der Waals surface area contributed by atoms with Crippen LogP contribution in [0.4, 0.5) is 5.82 Å². The average molecular weight is 222 g/mol. The van der Waals surface area contributed by atoms with E-state index in [1.165, 1.54) is 0 Å². The third-order valence-corrected chi connectivity index (χ3v) is 2.73. The molecule has 0 amide bonds. The first-order valence-electron chi connectivity index (χ1n) is 5.67. The Morgan fingerprint density at radius 3 is 3.12 bits per heavy atom. The number of rotatable bonds is 4. The molecule has 1 aliphatic heterocycles. The highest BCUT2D eigenvalue weighted by Gasteiger charge is 2.16. The summed E-state index contributed by atoms with van der Waals surface area (Å²) in [5.41, 5.74) is 7.97. The summed E-state index contributed by atoms with van der Waals surface area (Å²) in [7, 11) is 1.94. The Morgan fingerprint density at radius 2 is 2.31 bits per heavy atom. The van der Waals surface area contributed by atoms with Crippen LogP contribution in [-0.4, -0.2) is 30.2 Å². The van der Waals surface area contributed by atoms with Crippen LogP contribution in [0.5, 0.6) is 0 Å². The first kappa shape index (κ1) is 11.3. The van der Waals surface area contributed by atoms with Crippen molar-refractivity contribution in [1.82, 2.24) is 15.3 Å². The smallest absolute Gasteiger partial charge is 0.131 e. The first-order chi connectivity index (χ1) is 7.81. The number of nitrogens with two attached hydrogens (primary N) is 1. The van der Waals surface area contributed by atoms with E-state index in [0.717, 1.165) is 49.5 Å². The van der Waals surface area contributed by atoms with Gasteiger partial charge in [-0.25, -0.2) is 9.97 Å². The van der Waals surface area contributed by atoms with Crippen molar-refractivity contribution in [3.8, 4) is 0 Å². The van der Waals surface area contributed by atoms with E-state index >= 15 is 0 Å². The Balaban J connectivity index is 2.12. The second-order valence-corrected chi connectivity index (χ2v) is 3.96. The molecule has 3 N–H and O–H groups in total. The highest BCUT2D eigenvalue weighted by Crippen LogP contribution is 2.19. The maximum atomic E-state index is 5.92. The van der Waals surface area contributed by atoms with Gasteiger partial charge in [-0.05, 0) is 20.0 Å². The number of aromatic nitrogens is 2. The standard InChI is InChI=1S/C11H18N4O/c1-13-5-2-3-10-14-9-7-16-6-4-8(9)11(12)15-10/h13H,2-7H2,1H3,(H2,12,14,15). The van der Waals surface area contributed by atoms with Gasteiger partial charge >= 0.3 is 0 Å². The summed E-state index contributed by atoms with van der Waals surface area (Å²) >= 11 is 0. The van der Waals surface area contributed by atoms with Gasteiger partial charge in [-0.1, -0.05) is 0 Å². The number of nitrogens with one attached hydrogen (secondary N) is 1. The molecule has 88 valence electrons. The Hall–Kier alpha value is -1.20. The predicted molar refractivity (Wildman–Crippen MR) is 62.1 cm³/mol. The monoisotopic (exact) mass is 222 g/mol. The highest BCUT2D eigenvalue weighted by atomic mass is 16.5. The fourth-order valence-electron chi connectivity index (χ4n) is 1.87. The summed E-state index contributed by atoms with van der Waals surface area (Å²) in [6.45, 7) is 2.26. The number of hydrogen-bond donors (Lipinski definition) is 2. The summed E-state index contributed by atoms with van der Waals surface area (Å²) in [6.07, 6.45) is 2.71. The lowest BCUT2D eigenvalue weighted by molar-refractivity contribution is 0.107. The Kier molecular flexibility index (Phi) is 3.69. The van der Waals surface area contributed by atoms with Crippen LogP contribution in [0, 0.1) is 0 Å². The SMILES string of the molecule is CNCCCc1nc(N)c2c(n1)COCC2. The molecule has 2 heterocycles. The molecule has 1 aliphatic rings. The van der Waals surface area contributed by atoms with Gasteiger partial charge in [-0.15, -0.1) is 0 Å². The van der Waals surface area contributed by atoms with E-state index in [0.29, 0.717) is 12.4 Å². The molecule has 0 bridgehead atoms. The van der Waals surface area contributed by atoms with Gasteiger partial charge in [0.1, 0.15) is 11.6 Å². The number of fused-ring (bicyclic) bond motifs is 1. The minimum absolute atomic E-state index is 0.571. The molecule has 2 rings (SSSR count). The molecular weight excluding hydrogens is 204 g/mol. The van der Waals surface area contributed by atoms with Crippen LogP contribution < -0.4 is 11.1 Å². The fourth-order valence-corrected chi connectivity index (χ4v) is 1.87. The minimum atomic E-state index is 0.571. The Labute approximate surface area is 95.4 Å². The molecule has 0 radical (unpaired) electrons. The summed E-state index contributed by atoms with van der Waals surface area (Å²) in [5.74, 6) is 1.46. The van der Waals surface area contributed by atoms with Crippen molar-refractivity contribution in [2.45, 2.75) is 25.9 Å². The number of nitrogen functional groups attached to an aromatic ring is 1. The van der Waals surface area contributed by atoms with Crippen molar-refractivity contribution >= 4 is 5.82 Å². The lowest BCUT2D eigenvalue weighted by Gasteiger charge is -2.17. The highest BCUT2D eigenvalue weighted by molar-refractivity contribution is 5.43. The molecule has 1 aromatic rings. The molecular formula is C11H18N4O. The molecule has 16 heavy (non-hydrogen) atoms. The predicted octanol–water partition coefficient (Wildman–Crippen LogP) is 0.283. The normalized spacial score (nSPS) is 14.8. The molecule has 0 unspecified atom stereocenters. The van der Waals surface area contributed by atoms with Gasteiger partial charge in [0.2, 0.25) is 0 Å². The number of ether oxygens (including phenoxy) is 1. The van der Waals surface area contributed by atoms with Crippen LogP contribution in [0.15, 0.2) is 0 Å². The van der Waals surface area contributed by atoms with Crippen LogP contribution in [0.3, 0.4) is 0 Å². The van der Waals surface area contributed by atoms with E-state index in [1.807, 2.05) is 7.05 Å². The molecule has 0 saturated carbocycles. The minimum Gasteiger partial charge on any atom is -0.383 e. The second-order valence-electron chi connectivity index (χ2n) is 3.96. The fraction of sp³-hybridized carbons (Fsp3) is 0.636. The topological polar surface area (TPSA) is 73.1 Å². The number of hydrogen-bond acceptors (Lipinski definition) is 5. The summed E-state index contributed by atoms with van der Waals surface area (Å²) in [5, 5.41) is 3.10. The summed E-state index contributed by atoms with van der Waals surface area (Å²) in [4.78, 5) is 8.84. The van der Waals surface area contributed by atoms with Gasteiger partial charge in [0.25, 0.3) is 0 Å². The second kappa shape index (κ2) is 5.23. The van der Waals surface area contributed by atoms with E-state index < -0.39 is 0 Å². The zero-order valence-corrected chi connectivity index (χ0v) is 9.62. The lowest BCUT2D eigenvalue weighted by Crippen LogP contribution is -2.17. The maximum absolute atomic E-state index is 5.92. The van der Waals surface area contributed by atoms with Crippen LogP contribution in [-0.2, 0) is 24.2 Å². The summed E-state index contributed by atoms with van der Waals surface area (Å²) < 4.78 is 5.37. The van der Waals surface area contributed by atoms with Crippen molar-refractivity contribution in [3.63, 3.8) is 0 Å². The lowest BCUT2D eigenvalue weighted by atomic mass is 10.1. The van der Waals surface area contributed by atoms with Crippen molar-refractivity contribution in [3.05, 3.63) is 17.1 Å². The first-order valence-corrected chi connectivity index (χ1v) is 5.67. The third-order valence-electron chi connectivity index (χ3n) is 2.73. The van der Waals surface area contributed by atoms with Gasteiger partial charge in [-0.2, -0.15) is 0 Å². The molecule has 0 spiro atoms. The van der Waals surface area contributed by atoms with Crippen LogP contribution in [0.25, 0.3) is 0 Å². The molecule has 1 aromatic heterocycles. The van der Waals surface area contributed by atoms with E-state index in [9.17, 15) is 0 Å². The quantitative estimate of drug-likeness (QED) is 0.716. The zero-order valence-electron chi connectivity index (χ0n) is 9.62. The van der Waals surface area contributed by atoms with Crippen LogP contribution in [0.2, 0.25) is 0 Å². The van der Waals surface area contributed by atoms with Crippen molar-refractivity contribution in [2.24, 2.45) is 0 Å². The van der Waals surface area contributed by atoms with E-state index in [2.05, 4.69) is 15.3 Å². The van der Waals surface area contributed by atoms with Crippen molar-refractivity contribution in [2.75, 3.05) is 25.9 Å². The third kappa shape index (κ3) is 2.48. The van der Waals surface area contributed by atoms with E-state index in [-0.39, 0.29) is 0 Å². The summed E-state index contributed by atoms with van der Waals surface area (Å²) in [6, 6.07) is 0. The molecule has 5 heteroatoms. The average Bonchev–Trinajstić information content (AvgIpc) is 2.30. The zero-order chi connectivity index (χ0) is 11.4. The van der Waals surface area contributed by atoms with Crippen LogP contribution >= 0.6 is 0 Å². The van der Waals surface area contributed by atoms with Gasteiger partial charge in [0.15, 0.2) is 0 Å². The van der Waals surface area contributed by atoms with Crippen LogP contribution in [0.1, 0.15) is 23.5 Å². The molecule has 5 nitrogen and oxygen atoms in total. The number of nitrogens with zero attached hydrogens (tertiary/aromatic N) is 2. The van der Waals surface area contributed by atoms with Gasteiger partial charge in [0, 0.05) is 18.4 Å². The van der Waals surface area contributed by atoms with E-state index in [1.54, 1.807) is 0 Å². The van der Waals surface area contributed by atoms with Gasteiger partial charge in [-0.3, -0.25) is 0 Å². The molecule has 0 atom stereocenters.